The minimum absolute atomic E-state index is 0. The third-order valence-corrected chi connectivity index (χ3v) is 11.0. The Labute approximate surface area is 356 Å². The number of ether oxygens (including phenoxy) is 2. The van der Waals surface area contributed by atoms with E-state index in [1.165, 1.54) is 0 Å². The van der Waals surface area contributed by atoms with Crippen LogP contribution in [-0.2, 0) is 42.8 Å². The van der Waals surface area contributed by atoms with Crippen molar-refractivity contribution in [2.75, 3.05) is 26.4 Å². The summed E-state index contributed by atoms with van der Waals surface area (Å²) in [5.41, 5.74) is 0. The zero-order valence-electron chi connectivity index (χ0n) is 34.1. The first-order chi connectivity index (χ1) is 23.2. The van der Waals surface area contributed by atoms with Crippen LogP contribution in [0.5, 0.6) is 0 Å². The van der Waals surface area contributed by atoms with Crippen molar-refractivity contribution in [1.82, 2.24) is 0 Å². The number of hydrogen-bond acceptors (Lipinski definition) is 11. The molecule has 5 unspecified atom stereocenters. The Morgan fingerprint density at radius 3 is 1.20 bits per heavy atom. The third-order valence-electron chi connectivity index (χ3n) is 9.01. The first kappa shape index (κ1) is 58.7. The predicted molar refractivity (Wildman–Crippen MR) is 193 cm³/mol. The Balaban J connectivity index is -0.000000433. The van der Waals surface area contributed by atoms with Gasteiger partial charge in [-0.05, 0) is 49.4 Å². The van der Waals surface area contributed by atoms with Crippen molar-refractivity contribution in [2.45, 2.75) is 170 Å². The molecule has 11 nitrogen and oxygen atoms in total. The Kier molecular flexibility index (Phi) is 42.1. The van der Waals surface area contributed by atoms with E-state index in [0.29, 0.717) is 11.8 Å². The monoisotopic (exact) mass is 788 g/mol. The smallest absolute Gasteiger partial charge is 0.756 e. The molecule has 294 valence electrons. The van der Waals surface area contributed by atoms with Crippen LogP contribution in [0.3, 0.4) is 0 Å². The number of rotatable bonds is 30. The summed E-state index contributed by atoms with van der Waals surface area (Å²) in [6.07, 6.45) is 15.0. The quantitative estimate of drug-likeness (QED) is 0.0455. The van der Waals surface area contributed by atoms with E-state index in [-0.39, 0.29) is 97.4 Å². The van der Waals surface area contributed by atoms with E-state index in [2.05, 4.69) is 41.5 Å². The van der Waals surface area contributed by atoms with Crippen LogP contribution < -0.4 is 64.0 Å². The average Bonchev–Trinajstić information content (AvgIpc) is 3.07. The largest absolute Gasteiger partial charge is 1.00 e. The molecule has 0 N–H and O–H groups in total. The van der Waals surface area contributed by atoms with Crippen molar-refractivity contribution in [2.24, 2.45) is 23.7 Å². The molecule has 0 bridgehead atoms. The van der Waals surface area contributed by atoms with E-state index < -0.39 is 41.6 Å². The fourth-order valence-corrected chi connectivity index (χ4v) is 6.55. The fraction of sp³-hybridized carbons (Fsp3) is 0.944. The molecule has 0 aliphatic heterocycles. The Hall–Kier alpha value is 0.960. The van der Waals surface area contributed by atoms with Gasteiger partial charge in [0.2, 0.25) is 0 Å². The van der Waals surface area contributed by atoms with E-state index in [4.69, 9.17) is 18.5 Å². The second kappa shape index (κ2) is 36.6. The van der Waals surface area contributed by atoms with Crippen molar-refractivity contribution in [3.63, 3.8) is 0 Å². The van der Waals surface area contributed by atoms with Gasteiger partial charge in [-0.1, -0.05) is 132 Å². The zero-order valence-corrected chi connectivity index (χ0v) is 39.8. The van der Waals surface area contributed by atoms with Crippen molar-refractivity contribution in [3.05, 3.63) is 0 Å². The fourth-order valence-electron chi connectivity index (χ4n) is 5.04. The maximum Gasteiger partial charge on any atom is 1.00 e. The molecule has 51 heavy (non-hydrogen) atoms. The molecule has 5 atom stereocenters. The Morgan fingerprint density at radius 1 is 0.588 bits per heavy atom. The summed E-state index contributed by atoms with van der Waals surface area (Å²) in [6, 6.07) is 0. The first-order valence-corrected chi connectivity index (χ1v) is 22.0. The molecule has 0 saturated heterocycles. The standard InChI is InChI=1S/C20H38O7S.C16H35O4P.2Na/c1-5-9-11-16(7-3)14-26-19(21)13-18(28(23,24)25)20(22)27-15-17(8-4)12-10-6-2;1-5-9-11-15(7-3)13-19-21(17,18)20-14-16(8-4)12-10-6-2;;/h16-18H,5-15H2,1-4H3,(H,23,24,25);15-16H,5-14H2,1-4H3,(H,17,18);;/q;;2*+1/p-2. The van der Waals surface area contributed by atoms with Gasteiger partial charge in [-0.2, -0.15) is 0 Å². The summed E-state index contributed by atoms with van der Waals surface area (Å²) < 4.78 is 66.5. The zero-order chi connectivity index (χ0) is 37.7. The molecule has 0 aliphatic rings. The number of carbonyl (C=O) groups excluding carboxylic acids is 2. The van der Waals surface area contributed by atoms with E-state index in [1.54, 1.807) is 0 Å². The minimum atomic E-state index is -5.01. The summed E-state index contributed by atoms with van der Waals surface area (Å²) in [6.45, 7) is 17.2. The van der Waals surface area contributed by atoms with Gasteiger partial charge >= 0.3 is 71.1 Å². The molecule has 0 amide bonds. The molecule has 0 aliphatic carbocycles. The topological polar surface area (TPSA) is 168 Å². The number of unbranched alkanes of at least 4 members (excludes halogenated alkanes) is 4. The molecule has 0 aromatic heterocycles. The van der Waals surface area contributed by atoms with Gasteiger partial charge in [-0.3, -0.25) is 14.2 Å². The molecule has 0 heterocycles. The summed E-state index contributed by atoms with van der Waals surface area (Å²) in [5, 5.41) is -2.06. The summed E-state index contributed by atoms with van der Waals surface area (Å²) >= 11 is 0. The number of carbonyl (C=O) groups is 2. The summed E-state index contributed by atoms with van der Waals surface area (Å²) in [7, 11) is -9.16. The average molecular weight is 789 g/mol. The molecular formula is C36H71Na2O11PS. The van der Waals surface area contributed by atoms with Crippen LogP contribution in [-0.4, -0.2) is 56.6 Å². The van der Waals surface area contributed by atoms with Crippen LogP contribution in [0.15, 0.2) is 0 Å². The second-order valence-electron chi connectivity index (χ2n) is 13.2. The van der Waals surface area contributed by atoms with E-state index in [9.17, 15) is 32.0 Å². The predicted octanol–water partition coefficient (Wildman–Crippen LogP) is 2.74. The number of esters is 2. The van der Waals surface area contributed by atoms with Gasteiger partial charge in [0, 0.05) is 0 Å². The molecule has 0 rings (SSSR count). The van der Waals surface area contributed by atoms with E-state index in [1.807, 2.05) is 13.8 Å². The van der Waals surface area contributed by atoms with Crippen molar-refractivity contribution >= 4 is 29.9 Å². The maximum absolute atomic E-state index is 12.1. The van der Waals surface area contributed by atoms with Crippen molar-refractivity contribution in [3.8, 4) is 0 Å². The van der Waals surface area contributed by atoms with Crippen LogP contribution >= 0.6 is 7.82 Å². The van der Waals surface area contributed by atoms with Gasteiger partial charge in [0.05, 0.1) is 32.8 Å². The Morgan fingerprint density at radius 2 is 0.902 bits per heavy atom. The third kappa shape index (κ3) is 32.9. The van der Waals surface area contributed by atoms with Crippen LogP contribution in [0.25, 0.3) is 0 Å². The van der Waals surface area contributed by atoms with Crippen molar-refractivity contribution in [1.29, 1.82) is 0 Å². The molecule has 0 aromatic carbocycles. The molecule has 0 spiro atoms. The first-order valence-electron chi connectivity index (χ1n) is 19.0. The van der Waals surface area contributed by atoms with Crippen LogP contribution in [0.4, 0.5) is 0 Å². The second-order valence-corrected chi connectivity index (χ2v) is 16.2. The van der Waals surface area contributed by atoms with Crippen LogP contribution in [0.1, 0.15) is 165 Å². The van der Waals surface area contributed by atoms with Crippen LogP contribution in [0, 0.1) is 23.7 Å². The van der Waals surface area contributed by atoms with Crippen LogP contribution in [0.2, 0.25) is 0 Å². The van der Waals surface area contributed by atoms with Gasteiger partial charge in [-0.25, -0.2) is 8.42 Å². The maximum atomic E-state index is 12.1. The number of hydrogen-bond donors (Lipinski definition) is 0. The van der Waals surface area contributed by atoms with E-state index >= 15 is 0 Å². The van der Waals surface area contributed by atoms with E-state index in [0.717, 1.165) is 103 Å². The van der Waals surface area contributed by atoms with Gasteiger partial charge in [0.1, 0.15) is 10.1 Å². The summed E-state index contributed by atoms with van der Waals surface area (Å²) in [5.74, 6) is -1.14. The number of phosphoric ester groups is 1. The molecule has 0 fully saturated rings. The van der Waals surface area contributed by atoms with Gasteiger partial charge in [0.25, 0.3) is 7.82 Å². The number of phosphoric acid groups is 1. The molecule has 0 saturated carbocycles. The molecule has 0 radical (unpaired) electrons. The van der Waals surface area contributed by atoms with Crippen molar-refractivity contribution < 1.29 is 110 Å². The minimum Gasteiger partial charge on any atom is -0.756 e. The molecular weight excluding hydrogens is 717 g/mol. The molecule has 15 heteroatoms. The summed E-state index contributed by atoms with van der Waals surface area (Å²) in [4.78, 5) is 35.9. The van der Waals surface area contributed by atoms with Gasteiger partial charge in [0.15, 0.2) is 5.25 Å². The van der Waals surface area contributed by atoms with Gasteiger partial charge in [-0.15, -0.1) is 0 Å². The SMILES string of the molecule is CCCCC(CC)COC(=O)CC(C(=O)OCC(CC)CCCC)S(=O)(=O)[O-].CCCCC(CC)COP(=O)([O-])OCC(CC)CCCC.[Na+].[Na+]. The Bertz CT molecular complexity index is 964. The normalized spacial score (nSPS) is 15.3. The molecule has 0 aromatic rings. The van der Waals surface area contributed by atoms with Gasteiger partial charge < -0.3 is 28.0 Å².